The average Bonchev–Trinajstić information content (AvgIpc) is 1.58. The van der Waals surface area contributed by atoms with Crippen molar-refractivity contribution in [3.63, 3.8) is 0 Å². The first-order valence-electron chi connectivity index (χ1n) is 30.7. The maximum absolute atomic E-state index is 11.8. The number of carbonyl (C=O) groups is 2. The van der Waals surface area contributed by atoms with Gasteiger partial charge >= 0.3 is 11.9 Å². The van der Waals surface area contributed by atoms with Gasteiger partial charge in [0.05, 0.1) is 111 Å². The van der Waals surface area contributed by atoms with Gasteiger partial charge in [-0.05, 0) is 162 Å². The van der Waals surface area contributed by atoms with E-state index in [1.165, 1.54) is 19.9 Å². The van der Waals surface area contributed by atoms with Crippen LogP contribution in [0.5, 0.6) is 40.2 Å². The minimum atomic E-state index is -0.548. The molecule has 100 heavy (non-hydrogen) atoms. The summed E-state index contributed by atoms with van der Waals surface area (Å²) in [7, 11) is 11.8. The molecule has 0 saturated carbocycles. The molecular formula is C74H70IN9O16. The van der Waals surface area contributed by atoms with E-state index in [0.717, 1.165) is 56.3 Å². The van der Waals surface area contributed by atoms with Gasteiger partial charge in [0.15, 0.2) is 0 Å². The number of alkyl halides is 1. The number of benzene rings is 8. The molecule has 0 amide bonds. The predicted octanol–water partition coefficient (Wildman–Crippen LogP) is 15.8. The molecule has 8 aromatic carbocycles. The Bertz CT molecular complexity index is 5110. The zero-order valence-corrected chi connectivity index (χ0v) is 58.8. The topological polar surface area (TPSA) is 295 Å². The number of aromatic nitrogens is 4. The quantitative estimate of drug-likeness (QED) is 0.0208. The molecule has 1 N–H and O–H groups in total. The lowest BCUT2D eigenvalue weighted by molar-refractivity contribution is -0.383. The van der Waals surface area contributed by atoms with Crippen LogP contribution in [-0.2, 0) is 31.9 Å². The van der Waals surface area contributed by atoms with Crippen LogP contribution in [0.4, 0.5) is 17.1 Å². The highest BCUT2D eigenvalue weighted by Gasteiger charge is 2.31. The van der Waals surface area contributed by atoms with Crippen molar-refractivity contribution in [2.45, 2.75) is 52.2 Å². The van der Waals surface area contributed by atoms with Crippen molar-refractivity contribution in [3.05, 3.63) is 234 Å². The van der Waals surface area contributed by atoms with Crippen LogP contribution in [0.15, 0.2) is 164 Å². The van der Waals surface area contributed by atoms with Crippen molar-refractivity contribution in [3.8, 4) is 69.1 Å². The average molecular weight is 1470 g/mol. The number of nitriles is 1. The Hall–Kier alpha value is -12.0. The van der Waals surface area contributed by atoms with Crippen molar-refractivity contribution in [1.29, 1.82) is 5.26 Å². The molecule has 12 aromatic rings. The molecule has 514 valence electrons. The maximum atomic E-state index is 11.8. The van der Waals surface area contributed by atoms with Crippen LogP contribution in [0, 0.1) is 62.4 Å². The minimum absolute atomic E-state index is 0.0517. The molecule has 0 atom stereocenters. The molecule has 0 bridgehead atoms. The number of nitro groups is 3. The van der Waals surface area contributed by atoms with E-state index < -0.39 is 16.9 Å². The largest absolute Gasteiger partial charge is 0.508 e. The Balaban J connectivity index is 0.000000156. The summed E-state index contributed by atoms with van der Waals surface area (Å²) in [5.74, 6) is 2.90. The summed E-state index contributed by atoms with van der Waals surface area (Å²) in [5.41, 5.74) is 10.4. The van der Waals surface area contributed by atoms with Gasteiger partial charge in [-0.3, -0.25) is 39.9 Å². The number of esters is 2. The molecule has 0 fully saturated rings. The number of halogens is 1. The number of hydrogen-bond acceptors (Lipinski definition) is 18. The number of phenols is 1. The van der Waals surface area contributed by atoms with Crippen LogP contribution >= 0.6 is 22.6 Å². The summed E-state index contributed by atoms with van der Waals surface area (Å²) in [6.07, 6.45) is 1.84. The molecule has 4 heterocycles. The van der Waals surface area contributed by atoms with E-state index >= 15 is 0 Å². The maximum Gasteiger partial charge on any atom is 0.308 e. The predicted molar refractivity (Wildman–Crippen MR) is 388 cm³/mol. The molecule has 0 aliphatic heterocycles. The smallest absolute Gasteiger partial charge is 0.308 e. The van der Waals surface area contributed by atoms with Gasteiger partial charge < -0.3 is 61.4 Å². The summed E-state index contributed by atoms with van der Waals surface area (Å²) in [6.45, 7) is 8.13. The number of phenolic OH excluding ortho intramolecular Hbond substituents is 1. The first kappa shape index (κ1) is 72.3. The van der Waals surface area contributed by atoms with Crippen LogP contribution in [-0.4, -0.2) is 105 Å². The van der Waals surface area contributed by atoms with E-state index in [9.17, 15) is 50.3 Å². The Morgan fingerprint density at radius 1 is 0.540 bits per heavy atom. The van der Waals surface area contributed by atoms with Gasteiger partial charge in [-0.2, -0.15) is 5.26 Å². The third kappa shape index (κ3) is 15.2. The van der Waals surface area contributed by atoms with Gasteiger partial charge in [0, 0.05) is 82.9 Å². The molecule has 26 heteroatoms. The number of ether oxygens (including phenoxy) is 7. The van der Waals surface area contributed by atoms with E-state index in [4.69, 9.17) is 33.2 Å². The SMILES string of the molecule is CC(=O)OCc1c(OC(C)=O)ccc2c([N+](=O)[O-])c(C)n(-c3ccc(C)cc3)c12.COc1ccc(-n2c(C)c([N+](=O)[O-])c3cc(CN(C)C)c(O)cc32)cc1.COc1ccc(-n2c(CI)c([N+](=O)[O-])c3ccc(OC)cc32)cc1.COc1ccc(-n2cc(C#N)c3ccc(OC)cc32)cc1. The lowest BCUT2D eigenvalue weighted by Gasteiger charge is -2.14. The number of aryl methyl sites for hydroxylation is 1. The van der Waals surface area contributed by atoms with Gasteiger partial charge in [0.25, 0.3) is 17.1 Å². The number of carbonyl (C=O) groups excluding carboxylic acids is 2. The third-order valence-electron chi connectivity index (χ3n) is 16.3. The Kier molecular flexibility index (Phi) is 22.8. The van der Waals surface area contributed by atoms with Crippen molar-refractivity contribution in [1.82, 2.24) is 23.2 Å². The standard InChI is InChI=1S/C21H20N2O6.C19H21N3O4.C17H15IN2O4.C17H14N2O2/c1-12-5-7-16(8-6-12)22-13(2)20(23(26)27)17-9-10-19(29-15(4)25)18(21(17)22)11-28-14(3)24;1-12-19(22(24)25)16-9-13(11-20(2)3)18(23)10-17(16)21(12)14-5-7-15(26-4)8-6-14;1-23-12-5-3-11(4-6-12)19-15-9-13(24-2)7-8-14(15)17(20(21)22)16(19)10-18;1-20-14-5-3-13(4-6-14)19-11-12(10-18)16-8-7-15(21-2)9-17(16)19/h5-10H,11H2,1-4H3;5-10,23H,11H2,1-4H3;3-9H,10H2,1-2H3;3-9,11H,1-2H3. The molecule has 0 aliphatic carbocycles. The van der Waals surface area contributed by atoms with Crippen LogP contribution in [0.2, 0.25) is 0 Å². The van der Waals surface area contributed by atoms with Crippen molar-refractivity contribution >= 4 is 95.2 Å². The van der Waals surface area contributed by atoms with Crippen LogP contribution < -0.4 is 28.4 Å². The molecule has 0 radical (unpaired) electrons. The Labute approximate surface area is 587 Å². The van der Waals surface area contributed by atoms with Crippen molar-refractivity contribution < 1.29 is 62.6 Å². The lowest BCUT2D eigenvalue weighted by atomic mass is 10.1. The molecule has 4 aromatic heterocycles. The summed E-state index contributed by atoms with van der Waals surface area (Å²) in [4.78, 5) is 58.9. The monoisotopic (exact) mass is 1470 g/mol. The second-order valence-electron chi connectivity index (χ2n) is 22.8. The zero-order valence-electron chi connectivity index (χ0n) is 56.7. The number of aromatic hydroxyl groups is 1. The molecule has 0 saturated heterocycles. The molecule has 12 rings (SSSR count). The highest BCUT2D eigenvalue weighted by molar-refractivity contribution is 14.1. The molecule has 25 nitrogen and oxygen atoms in total. The molecule has 0 spiro atoms. The first-order valence-corrected chi connectivity index (χ1v) is 32.2. The van der Waals surface area contributed by atoms with Gasteiger partial charge in [0.1, 0.15) is 58.6 Å². The van der Waals surface area contributed by atoms with Crippen molar-refractivity contribution in [2.24, 2.45) is 0 Å². The van der Waals surface area contributed by atoms with E-state index in [0.29, 0.717) is 89.1 Å². The molecule has 0 aliphatic rings. The normalized spacial score (nSPS) is 10.8. The summed E-state index contributed by atoms with van der Waals surface area (Å²) in [6, 6.07) is 49.5. The number of rotatable bonds is 18. The number of hydrogen-bond donors (Lipinski definition) is 1. The fourth-order valence-electron chi connectivity index (χ4n) is 11.7. The fourth-order valence-corrected chi connectivity index (χ4v) is 12.4. The second-order valence-corrected chi connectivity index (χ2v) is 23.6. The summed E-state index contributed by atoms with van der Waals surface area (Å²) < 4.78 is 44.5. The molecule has 0 unspecified atom stereocenters. The summed E-state index contributed by atoms with van der Waals surface area (Å²) >= 11 is 2.15. The fraction of sp³-hybridized carbons (Fsp3) is 0.203. The molecular weight excluding hydrogens is 1400 g/mol. The van der Waals surface area contributed by atoms with E-state index in [1.807, 2.05) is 150 Å². The third-order valence-corrected chi connectivity index (χ3v) is 17.0. The number of fused-ring (bicyclic) bond motifs is 4. The Morgan fingerprint density at radius 3 is 1.48 bits per heavy atom. The van der Waals surface area contributed by atoms with E-state index in [-0.39, 0.29) is 45.0 Å². The highest BCUT2D eigenvalue weighted by atomic mass is 127. The number of nitrogens with zero attached hydrogens (tertiary/aromatic N) is 9. The first-order chi connectivity index (χ1) is 47.9. The van der Waals surface area contributed by atoms with Gasteiger partial charge in [0.2, 0.25) is 0 Å². The van der Waals surface area contributed by atoms with E-state index in [1.54, 1.807) is 101 Å². The minimum Gasteiger partial charge on any atom is -0.508 e. The van der Waals surface area contributed by atoms with Crippen LogP contribution in [0.3, 0.4) is 0 Å². The van der Waals surface area contributed by atoms with Gasteiger partial charge in [-0.15, -0.1) is 0 Å². The van der Waals surface area contributed by atoms with Gasteiger partial charge in [-0.1, -0.05) is 40.3 Å². The van der Waals surface area contributed by atoms with Crippen molar-refractivity contribution in [2.75, 3.05) is 49.6 Å². The van der Waals surface area contributed by atoms with Crippen LogP contribution in [0.1, 0.15) is 53.2 Å². The Morgan fingerprint density at radius 2 is 0.990 bits per heavy atom. The highest BCUT2D eigenvalue weighted by Crippen LogP contribution is 2.43. The van der Waals surface area contributed by atoms with Crippen LogP contribution in [0.25, 0.3) is 66.4 Å². The summed E-state index contributed by atoms with van der Waals surface area (Å²) in [5, 5.41) is 57.2. The van der Waals surface area contributed by atoms with Gasteiger partial charge in [-0.25, -0.2) is 0 Å². The second kappa shape index (κ2) is 31.5. The zero-order chi connectivity index (χ0) is 72.4. The van der Waals surface area contributed by atoms with E-state index in [2.05, 4.69) is 28.7 Å². The number of methoxy groups -OCH3 is 5. The lowest BCUT2D eigenvalue weighted by Crippen LogP contribution is -2.10.